The molecule has 3 unspecified atom stereocenters. The highest BCUT2D eigenvalue weighted by atomic mass is 16.2. The molecule has 0 radical (unpaired) electrons. The first-order valence-corrected chi connectivity index (χ1v) is 7.70. The van der Waals surface area contributed by atoms with Crippen molar-refractivity contribution >= 4 is 6.03 Å². The van der Waals surface area contributed by atoms with Crippen molar-refractivity contribution in [1.82, 2.24) is 10.2 Å². The minimum atomic E-state index is 0.182. The fourth-order valence-electron chi connectivity index (χ4n) is 3.27. The molecule has 104 valence electrons. The van der Waals surface area contributed by atoms with Crippen LogP contribution >= 0.6 is 0 Å². The van der Waals surface area contributed by atoms with E-state index >= 15 is 0 Å². The highest BCUT2D eigenvalue weighted by molar-refractivity contribution is 5.74. The van der Waals surface area contributed by atoms with Crippen LogP contribution < -0.4 is 5.32 Å². The summed E-state index contributed by atoms with van der Waals surface area (Å²) in [5.74, 6) is 1.50. The molecule has 3 atom stereocenters. The predicted octanol–water partition coefficient (Wildman–Crippen LogP) is 3.40. The maximum atomic E-state index is 12.2. The number of amides is 2. The van der Waals surface area contributed by atoms with E-state index in [0.29, 0.717) is 12.0 Å². The van der Waals surface area contributed by atoms with Crippen LogP contribution in [0.5, 0.6) is 0 Å². The van der Waals surface area contributed by atoms with Gasteiger partial charge in [-0.1, -0.05) is 26.7 Å². The summed E-state index contributed by atoms with van der Waals surface area (Å²) in [6.07, 6.45) is 8.62. The third kappa shape index (κ3) is 3.89. The van der Waals surface area contributed by atoms with Crippen LogP contribution in [-0.4, -0.2) is 30.1 Å². The van der Waals surface area contributed by atoms with Crippen LogP contribution in [0.1, 0.15) is 58.8 Å². The van der Waals surface area contributed by atoms with E-state index in [0.717, 1.165) is 31.8 Å². The number of carbonyl (C=O) groups excluding carboxylic acids is 1. The van der Waals surface area contributed by atoms with Crippen molar-refractivity contribution in [3.05, 3.63) is 0 Å². The molecule has 2 fully saturated rings. The molecule has 2 rings (SSSR count). The fraction of sp³-hybridized carbons (Fsp3) is 0.933. The van der Waals surface area contributed by atoms with Crippen molar-refractivity contribution in [3.63, 3.8) is 0 Å². The van der Waals surface area contributed by atoms with E-state index in [1.54, 1.807) is 0 Å². The zero-order valence-corrected chi connectivity index (χ0v) is 12.0. The van der Waals surface area contributed by atoms with Crippen molar-refractivity contribution in [2.45, 2.75) is 64.8 Å². The highest BCUT2D eigenvalue weighted by Crippen LogP contribution is 2.23. The van der Waals surface area contributed by atoms with E-state index in [1.165, 1.54) is 32.1 Å². The van der Waals surface area contributed by atoms with Crippen LogP contribution in [0, 0.1) is 11.8 Å². The molecule has 2 aliphatic rings. The summed E-state index contributed by atoms with van der Waals surface area (Å²) in [6.45, 7) is 6.46. The molecule has 3 heteroatoms. The normalized spacial score (nSPS) is 33.9. The van der Waals surface area contributed by atoms with Gasteiger partial charge in [-0.05, 0) is 43.9 Å². The van der Waals surface area contributed by atoms with Gasteiger partial charge < -0.3 is 10.2 Å². The third-order valence-corrected chi connectivity index (χ3v) is 4.53. The summed E-state index contributed by atoms with van der Waals surface area (Å²) in [7, 11) is 0. The number of piperidine rings is 1. The monoisotopic (exact) mass is 252 g/mol. The predicted molar refractivity (Wildman–Crippen MR) is 74.5 cm³/mol. The van der Waals surface area contributed by atoms with Crippen molar-refractivity contribution in [2.24, 2.45) is 11.8 Å². The maximum absolute atomic E-state index is 12.2. The summed E-state index contributed by atoms with van der Waals surface area (Å²) in [5, 5.41) is 3.26. The molecule has 0 aromatic heterocycles. The van der Waals surface area contributed by atoms with E-state index in [4.69, 9.17) is 0 Å². The molecular weight excluding hydrogens is 224 g/mol. The fourth-order valence-corrected chi connectivity index (χ4v) is 3.27. The van der Waals surface area contributed by atoms with Gasteiger partial charge in [-0.3, -0.25) is 0 Å². The van der Waals surface area contributed by atoms with Gasteiger partial charge in [0, 0.05) is 19.1 Å². The molecule has 0 spiro atoms. The second-order valence-corrected chi connectivity index (χ2v) is 6.45. The molecule has 1 N–H and O–H groups in total. The number of hydrogen-bond donors (Lipinski definition) is 1. The topological polar surface area (TPSA) is 32.3 Å². The summed E-state index contributed by atoms with van der Waals surface area (Å²) in [6, 6.07) is 0.598. The number of urea groups is 1. The molecule has 1 heterocycles. The molecule has 18 heavy (non-hydrogen) atoms. The number of rotatable bonds is 1. The molecule has 2 amide bonds. The lowest BCUT2D eigenvalue weighted by atomic mass is 10.0. The third-order valence-electron chi connectivity index (χ3n) is 4.53. The zero-order chi connectivity index (χ0) is 13.0. The molecular formula is C15H28N2O. The van der Waals surface area contributed by atoms with Gasteiger partial charge >= 0.3 is 6.03 Å². The number of hydrogen-bond acceptors (Lipinski definition) is 1. The van der Waals surface area contributed by atoms with Gasteiger partial charge in [0.2, 0.25) is 0 Å². The van der Waals surface area contributed by atoms with Crippen LogP contribution in [0.3, 0.4) is 0 Å². The van der Waals surface area contributed by atoms with Crippen molar-refractivity contribution in [3.8, 4) is 0 Å². The van der Waals surface area contributed by atoms with Gasteiger partial charge in [-0.2, -0.15) is 0 Å². The average Bonchev–Trinajstić information content (AvgIpc) is 2.54. The van der Waals surface area contributed by atoms with Crippen LogP contribution in [0.4, 0.5) is 4.79 Å². The van der Waals surface area contributed by atoms with Gasteiger partial charge in [-0.25, -0.2) is 4.79 Å². The smallest absolute Gasteiger partial charge is 0.317 e. The number of carbonyl (C=O) groups is 1. The number of likely N-dealkylation sites (tertiary alicyclic amines) is 1. The van der Waals surface area contributed by atoms with E-state index in [2.05, 4.69) is 19.2 Å². The Morgan fingerprint density at radius 3 is 2.56 bits per heavy atom. The van der Waals surface area contributed by atoms with E-state index in [1.807, 2.05) is 4.90 Å². The molecule has 1 saturated carbocycles. The molecule has 1 aliphatic heterocycles. The quantitative estimate of drug-likeness (QED) is 0.713. The Morgan fingerprint density at radius 1 is 1.00 bits per heavy atom. The number of nitrogens with zero attached hydrogens (tertiary/aromatic N) is 1. The molecule has 1 aliphatic carbocycles. The Labute approximate surface area is 111 Å². The van der Waals surface area contributed by atoms with E-state index in [9.17, 15) is 4.79 Å². The number of nitrogens with one attached hydrogen (secondary N) is 1. The minimum absolute atomic E-state index is 0.182. The Kier molecular flexibility index (Phi) is 4.90. The maximum Gasteiger partial charge on any atom is 0.317 e. The van der Waals surface area contributed by atoms with Crippen molar-refractivity contribution in [2.75, 3.05) is 13.1 Å². The molecule has 3 nitrogen and oxygen atoms in total. The van der Waals surface area contributed by atoms with Crippen LogP contribution in [0.15, 0.2) is 0 Å². The Morgan fingerprint density at radius 2 is 1.78 bits per heavy atom. The summed E-state index contributed by atoms with van der Waals surface area (Å²) < 4.78 is 0. The second-order valence-electron chi connectivity index (χ2n) is 6.45. The highest BCUT2D eigenvalue weighted by Gasteiger charge is 2.24. The Hall–Kier alpha value is -0.730. The largest absolute Gasteiger partial charge is 0.335 e. The van der Waals surface area contributed by atoms with Gasteiger partial charge in [0.25, 0.3) is 0 Å². The van der Waals surface area contributed by atoms with Crippen LogP contribution in [-0.2, 0) is 0 Å². The summed E-state index contributed by atoms with van der Waals surface area (Å²) in [4.78, 5) is 14.2. The Bertz CT molecular complexity index is 280. The lowest BCUT2D eigenvalue weighted by Crippen LogP contribution is -2.48. The zero-order valence-electron chi connectivity index (χ0n) is 12.0. The first-order chi connectivity index (χ1) is 8.65. The molecule has 0 aromatic rings. The first-order valence-electron chi connectivity index (χ1n) is 7.70. The Balaban J connectivity index is 1.79. The summed E-state index contributed by atoms with van der Waals surface area (Å²) in [5.41, 5.74) is 0. The van der Waals surface area contributed by atoms with Gasteiger partial charge in [0.1, 0.15) is 0 Å². The molecule has 0 bridgehead atoms. The van der Waals surface area contributed by atoms with Crippen LogP contribution in [0.2, 0.25) is 0 Å². The van der Waals surface area contributed by atoms with Gasteiger partial charge in [0.05, 0.1) is 0 Å². The standard InChI is InChI=1S/C15H28N2O/c1-12-5-3-7-14(9-8-12)16-15(18)17-10-4-6-13(2)11-17/h12-14H,3-11H2,1-2H3,(H,16,18). The van der Waals surface area contributed by atoms with Gasteiger partial charge in [-0.15, -0.1) is 0 Å². The van der Waals surface area contributed by atoms with E-state index in [-0.39, 0.29) is 6.03 Å². The first kappa shape index (κ1) is 13.7. The molecule has 1 saturated heterocycles. The molecule has 0 aromatic carbocycles. The SMILES string of the molecule is CC1CCCC(NC(=O)N2CCCC(C)C2)CC1. The second kappa shape index (κ2) is 6.44. The van der Waals surface area contributed by atoms with Gasteiger partial charge in [0.15, 0.2) is 0 Å². The van der Waals surface area contributed by atoms with Crippen molar-refractivity contribution in [1.29, 1.82) is 0 Å². The van der Waals surface area contributed by atoms with Crippen LogP contribution in [0.25, 0.3) is 0 Å². The van der Waals surface area contributed by atoms with E-state index < -0.39 is 0 Å². The summed E-state index contributed by atoms with van der Waals surface area (Å²) >= 11 is 0. The average molecular weight is 252 g/mol. The lowest BCUT2D eigenvalue weighted by molar-refractivity contribution is 0.165. The lowest BCUT2D eigenvalue weighted by Gasteiger charge is -2.32. The van der Waals surface area contributed by atoms with Crippen molar-refractivity contribution < 1.29 is 4.79 Å². The minimum Gasteiger partial charge on any atom is -0.335 e.